The number of nitrogens with one attached hydrogen (secondary N) is 1. The Labute approximate surface area is 250 Å². The first-order chi connectivity index (χ1) is 20.7. The molecule has 5 rings (SSSR count). The van der Waals surface area contributed by atoms with Crippen LogP contribution in [0, 0.1) is 0 Å². The maximum atomic E-state index is 13.1. The van der Waals surface area contributed by atoms with E-state index in [2.05, 4.69) is 10.2 Å². The second-order valence-corrected chi connectivity index (χ2v) is 11.7. The molecule has 0 bridgehead atoms. The molecule has 3 saturated heterocycles. The molecule has 0 unspecified atom stereocenters. The summed E-state index contributed by atoms with van der Waals surface area (Å²) in [6.45, 7) is 2.66. The van der Waals surface area contributed by atoms with Crippen molar-refractivity contribution in [1.82, 2.24) is 9.80 Å². The first kappa shape index (κ1) is 31.4. The third kappa shape index (κ3) is 8.14. The summed E-state index contributed by atoms with van der Waals surface area (Å²) in [7, 11) is 0. The SMILES string of the molecule is O=C(Nc1cccc([C@@H]2O[C@H](CN3CCCCCCC3)C[C@H](c3ccc(CO)cc3)O2)c1)[C@@H]1CCCN1C(=O)C(F)(F)F. The molecule has 0 spiro atoms. The quantitative estimate of drug-likeness (QED) is 0.436. The van der Waals surface area contributed by atoms with Gasteiger partial charge in [-0.3, -0.25) is 9.59 Å². The first-order valence-electron chi connectivity index (χ1n) is 15.2. The minimum absolute atomic E-state index is 0.0450. The second kappa shape index (κ2) is 14.2. The molecule has 8 nitrogen and oxygen atoms in total. The van der Waals surface area contributed by atoms with Crippen LogP contribution in [0.1, 0.15) is 80.5 Å². The number of aliphatic hydroxyl groups is 1. The Balaban J connectivity index is 1.32. The highest BCUT2D eigenvalue weighted by Crippen LogP contribution is 2.39. The lowest BCUT2D eigenvalue weighted by atomic mass is 9.99. The summed E-state index contributed by atoms with van der Waals surface area (Å²) in [5, 5.41) is 12.2. The van der Waals surface area contributed by atoms with Crippen LogP contribution in [0.4, 0.5) is 18.9 Å². The van der Waals surface area contributed by atoms with Crippen LogP contribution in [-0.4, -0.2) is 71.2 Å². The molecular formula is C32H40F3N3O5. The molecular weight excluding hydrogens is 563 g/mol. The lowest BCUT2D eigenvalue weighted by molar-refractivity contribution is -0.253. The van der Waals surface area contributed by atoms with E-state index in [1.165, 1.54) is 19.3 Å². The van der Waals surface area contributed by atoms with Gasteiger partial charge in [-0.2, -0.15) is 13.2 Å². The molecule has 2 aromatic carbocycles. The van der Waals surface area contributed by atoms with E-state index in [1.807, 2.05) is 30.3 Å². The molecule has 3 aliphatic rings. The van der Waals surface area contributed by atoms with Crippen molar-refractivity contribution in [2.45, 2.75) is 88.7 Å². The highest BCUT2D eigenvalue weighted by atomic mass is 19.4. The number of carbonyl (C=O) groups is 2. The minimum Gasteiger partial charge on any atom is -0.392 e. The molecule has 0 radical (unpaired) electrons. The number of benzene rings is 2. The Morgan fingerprint density at radius 2 is 1.63 bits per heavy atom. The van der Waals surface area contributed by atoms with Gasteiger partial charge in [-0.05, 0) is 62.0 Å². The molecule has 3 heterocycles. The van der Waals surface area contributed by atoms with Crippen molar-refractivity contribution in [3.8, 4) is 0 Å². The van der Waals surface area contributed by atoms with Crippen LogP contribution in [0.3, 0.4) is 0 Å². The fourth-order valence-corrected chi connectivity index (χ4v) is 6.25. The van der Waals surface area contributed by atoms with E-state index in [1.54, 1.807) is 18.2 Å². The highest BCUT2D eigenvalue weighted by molar-refractivity contribution is 5.98. The van der Waals surface area contributed by atoms with Gasteiger partial charge in [-0.15, -0.1) is 0 Å². The summed E-state index contributed by atoms with van der Waals surface area (Å²) in [5.74, 6) is -2.65. The lowest BCUT2D eigenvalue weighted by Crippen LogP contribution is -2.48. The smallest absolute Gasteiger partial charge is 0.392 e. The summed E-state index contributed by atoms with van der Waals surface area (Å²) in [6, 6.07) is 13.4. The van der Waals surface area contributed by atoms with E-state index < -0.39 is 30.3 Å². The summed E-state index contributed by atoms with van der Waals surface area (Å²) in [4.78, 5) is 27.9. The number of aliphatic hydroxyl groups excluding tert-OH is 1. The first-order valence-corrected chi connectivity index (χ1v) is 15.2. The number of alkyl halides is 3. The normalized spacial score (nSPS) is 25.6. The van der Waals surface area contributed by atoms with E-state index in [0.717, 1.165) is 43.6 Å². The molecule has 4 atom stereocenters. The number of hydrogen-bond donors (Lipinski definition) is 2. The van der Waals surface area contributed by atoms with Gasteiger partial charge in [-0.1, -0.05) is 55.7 Å². The average Bonchev–Trinajstić information content (AvgIpc) is 3.48. The highest BCUT2D eigenvalue weighted by Gasteiger charge is 2.47. The Bertz CT molecular complexity index is 1230. The predicted molar refractivity (Wildman–Crippen MR) is 154 cm³/mol. The lowest BCUT2D eigenvalue weighted by Gasteiger charge is -2.39. The van der Waals surface area contributed by atoms with Crippen molar-refractivity contribution >= 4 is 17.5 Å². The molecule has 3 fully saturated rings. The number of likely N-dealkylation sites (tertiary alicyclic amines) is 2. The molecule has 0 aromatic heterocycles. The zero-order chi connectivity index (χ0) is 30.4. The van der Waals surface area contributed by atoms with Gasteiger partial charge < -0.3 is 29.7 Å². The summed E-state index contributed by atoms with van der Waals surface area (Å²) in [5.41, 5.74) is 2.84. The third-order valence-electron chi connectivity index (χ3n) is 8.51. The Morgan fingerprint density at radius 1 is 0.907 bits per heavy atom. The van der Waals surface area contributed by atoms with Gasteiger partial charge in [0, 0.05) is 30.8 Å². The van der Waals surface area contributed by atoms with Crippen LogP contribution < -0.4 is 5.32 Å². The number of anilines is 1. The Kier molecular flexibility index (Phi) is 10.4. The van der Waals surface area contributed by atoms with Gasteiger partial charge in [0.15, 0.2) is 6.29 Å². The molecule has 234 valence electrons. The van der Waals surface area contributed by atoms with Crippen molar-refractivity contribution in [2.75, 3.05) is 31.5 Å². The van der Waals surface area contributed by atoms with Gasteiger partial charge in [0.25, 0.3) is 0 Å². The van der Waals surface area contributed by atoms with E-state index in [-0.39, 0.29) is 31.8 Å². The van der Waals surface area contributed by atoms with Gasteiger partial charge in [0.1, 0.15) is 6.04 Å². The van der Waals surface area contributed by atoms with E-state index >= 15 is 0 Å². The van der Waals surface area contributed by atoms with Crippen LogP contribution >= 0.6 is 0 Å². The van der Waals surface area contributed by atoms with Gasteiger partial charge in [-0.25, -0.2) is 0 Å². The van der Waals surface area contributed by atoms with Crippen LogP contribution in [-0.2, 0) is 25.7 Å². The van der Waals surface area contributed by atoms with Gasteiger partial charge in [0.05, 0.1) is 18.8 Å². The minimum atomic E-state index is -5.03. The van der Waals surface area contributed by atoms with Crippen LogP contribution in [0.25, 0.3) is 0 Å². The van der Waals surface area contributed by atoms with Crippen molar-refractivity contribution in [1.29, 1.82) is 0 Å². The fraction of sp³-hybridized carbons (Fsp3) is 0.562. The molecule has 43 heavy (non-hydrogen) atoms. The molecule has 2 amide bonds. The van der Waals surface area contributed by atoms with Crippen LogP contribution in [0.5, 0.6) is 0 Å². The van der Waals surface area contributed by atoms with Crippen molar-refractivity contribution < 1.29 is 37.3 Å². The van der Waals surface area contributed by atoms with E-state index in [9.17, 15) is 27.9 Å². The fourth-order valence-electron chi connectivity index (χ4n) is 6.25. The van der Waals surface area contributed by atoms with Crippen molar-refractivity contribution in [3.05, 3.63) is 65.2 Å². The number of amides is 2. The number of halogens is 3. The standard InChI is InChI=1S/C32H40F3N3O5/c33-32(34,35)31(41)38-17-7-10-27(38)29(40)36-25-9-6-8-24(18-25)30-42-26(20-37-15-4-2-1-3-5-16-37)19-28(43-30)23-13-11-22(21-39)12-14-23/h6,8-9,11-14,18,26-28,30,39H,1-5,7,10,15-17,19-21H2,(H,36,40)/t26-,27-,28+,30+/m0/s1. The number of nitrogens with zero attached hydrogens (tertiary/aromatic N) is 2. The second-order valence-electron chi connectivity index (χ2n) is 11.7. The topological polar surface area (TPSA) is 91.3 Å². The zero-order valence-electron chi connectivity index (χ0n) is 24.2. The van der Waals surface area contributed by atoms with E-state index in [4.69, 9.17) is 9.47 Å². The van der Waals surface area contributed by atoms with Crippen molar-refractivity contribution in [2.24, 2.45) is 0 Å². The molecule has 2 aromatic rings. The summed E-state index contributed by atoms with van der Waals surface area (Å²) in [6.07, 6.45) is 1.07. The molecule has 11 heteroatoms. The Morgan fingerprint density at radius 3 is 2.33 bits per heavy atom. The Hall–Kier alpha value is -2.99. The largest absolute Gasteiger partial charge is 0.471 e. The predicted octanol–water partition coefficient (Wildman–Crippen LogP) is 5.48. The van der Waals surface area contributed by atoms with Crippen LogP contribution in [0.2, 0.25) is 0 Å². The monoisotopic (exact) mass is 603 g/mol. The third-order valence-corrected chi connectivity index (χ3v) is 8.51. The molecule has 2 N–H and O–H groups in total. The number of rotatable bonds is 7. The van der Waals surface area contributed by atoms with Gasteiger partial charge in [0.2, 0.25) is 5.91 Å². The zero-order valence-corrected chi connectivity index (χ0v) is 24.2. The maximum absolute atomic E-state index is 13.1. The average molecular weight is 604 g/mol. The van der Waals surface area contributed by atoms with Gasteiger partial charge >= 0.3 is 12.1 Å². The van der Waals surface area contributed by atoms with Crippen LogP contribution in [0.15, 0.2) is 48.5 Å². The molecule has 0 saturated carbocycles. The van der Waals surface area contributed by atoms with Crippen molar-refractivity contribution in [3.63, 3.8) is 0 Å². The maximum Gasteiger partial charge on any atom is 0.471 e. The number of ether oxygens (including phenoxy) is 2. The summed E-state index contributed by atoms with van der Waals surface area (Å²) < 4.78 is 52.1. The molecule has 0 aliphatic carbocycles. The van der Waals surface area contributed by atoms with E-state index in [0.29, 0.717) is 29.0 Å². The molecule has 3 aliphatic heterocycles. The number of carbonyl (C=O) groups excluding carboxylic acids is 2. The number of hydrogen-bond acceptors (Lipinski definition) is 6. The summed E-state index contributed by atoms with van der Waals surface area (Å²) >= 11 is 0.